The highest BCUT2D eigenvalue weighted by Crippen LogP contribution is 2.20. The van der Waals surface area contributed by atoms with Gasteiger partial charge in [-0.3, -0.25) is 5.43 Å². The van der Waals surface area contributed by atoms with Gasteiger partial charge >= 0.3 is 12.0 Å². The number of halogens is 1. The van der Waals surface area contributed by atoms with Gasteiger partial charge in [-0.05, 0) is 24.3 Å². The zero-order valence-electron chi connectivity index (χ0n) is 9.77. The first-order valence-corrected chi connectivity index (χ1v) is 5.42. The van der Waals surface area contributed by atoms with Gasteiger partial charge in [0.25, 0.3) is 5.88 Å². The van der Waals surface area contributed by atoms with Gasteiger partial charge in [0.15, 0.2) is 0 Å². The quantitative estimate of drug-likeness (QED) is 0.852. The fourth-order valence-electron chi connectivity index (χ4n) is 1.25. The molecule has 7 heteroatoms. The second-order valence-corrected chi connectivity index (χ2v) is 3.85. The second kappa shape index (κ2) is 5.05. The predicted octanol–water partition coefficient (Wildman–Crippen LogP) is 2.08. The van der Waals surface area contributed by atoms with Crippen molar-refractivity contribution in [1.82, 2.24) is 10.4 Å². The monoisotopic (exact) mass is 270 g/mol. The summed E-state index contributed by atoms with van der Waals surface area (Å²) in [4.78, 5) is 11.2. The van der Waals surface area contributed by atoms with Crippen molar-refractivity contribution >= 4 is 17.7 Å². The Balaban J connectivity index is 2.17. The van der Waals surface area contributed by atoms with Crippen molar-refractivity contribution in [2.24, 2.45) is 0 Å². The molecule has 2 rings (SSSR count). The number of hydrogen-bond acceptors (Lipinski definition) is 5. The van der Waals surface area contributed by atoms with Crippen LogP contribution in [-0.4, -0.2) is 25.3 Å². The molecule has 1 heterocycles. The van der Waals surface area contributed by atoms with Crippen LogP contribution in [0.5, 0.6) is 5.75 Å². The molecule has 0 bridgehead atoms. The van der Waals surface area contributed by atoms with E-state index in [1.54, 1.807) is 24.3 Å². The average molecular weight is 271 g/mol. The minimum atomic E-state index is -0.542. The molecule has 1 aliphatic rings. The summed E-state index contributed by atoms with van der Waals surface area (Å²) in [5.41, 5.74) is 2.65. The van der Waals surface area contributed by atoms with E-state index in [0.717, 1.165) is 0 Å². The number of nitrogens with one attached hydrogen (secondary N) is 1. The summed E-state index contributed by atoms with van der Waals surface area (Å²) < 4.78 is 15.4. The first-order chi connectivity index (χ1) is 8.60. The Kier molecular flexibility index (Phi) is 3.47. The van der Waals surface area contributed by atoms with E-state index in [0.29, 0.717) is 10.8 Å². The molecule has 1 aromatic rings. The highest BCUT2D eigenvalue weighted by atomic mass is 35.5. The number of methoxy groups -OCH3 is 1. The van der Waals surface area contributed by atoms with Crippen LogP contribution in [0.4, 0.5) is 4.79 Å². The van der Waals surface area contributed by atoms with Gasteiger partial charge in [-0.2, -0.15) is 0 Å². The normalized spacial score (nSPS) is 17.1. The van der Waals surface area contributed by atoms with E-state index in [1.807, 2.05) is 0 Å². The molecular weight excluding hydrogens is 260 g/mol. The first-order valence-electron chi connectivity index (χ1n) is 5.04. The lowest BCUT2D eigenvalue weighted by Gasteiger charge is -2.10. The molecule has 1 aliphatic heterocycles. The van der Waals surface area contributed by atoms with Crippen LogP contribution in [0.3, 0.4) is 0 Å². The molecule has 1 N–H and O–H groups in total. The Labute approximate surface area is 109 Å². The van der Waals surface area contributed by atoms with Crippen LogP contribution in [0.2, 0.25) is 5.02 Å². The lowest BCUT2D eigenvalue weighted by Crippen LogP contribution is -2.28. The van der Waals surface area contributed by atoms with Gasteiger partial charge in [0, 0.05) is 12.1 Å². The van der Waals surface area contributed by atoms with Crippen LogP contribution in [0, 0.1) is 0 Å². The Morgan fingerprint density at radius 3 is 2.56 bits per heavy atom. The molecule has 1 fully saturated rings. The van der Waals surface area contributed by atoms with E-state index < -0.39 is 6.09 Å². The van der Waals surface area contributed by atoms with Crippen molar-refractivity contribution in [3.05, 3.63) is 41.1 Å². The average Bonchev–Trinajstić information content (AvgIpc) is 2.69. The SMILES string of the molecule is CO/C(Oc1ccc(Cl)cc1)=C1\NN(C)C(=O)O1. The van der Waals surface area contributed by atoms with Gasteiger partial charge in [0.05, 0.1) is 7.11 Å². The molecule has 0 radical (unpaired) electrons. The van der Waals surface area contributed by atoms with Crippen LogP contribution in [0.1, 0.15) is 0 Å². The van der Waals surface area contributed by atoms with Crippen LogP contribution >= 0.6 is 11.6 Å². The molecule has 18 heavy (non-hydrogen) atoms. The maximum Gasteiger partial charge on any atom is 0.435 e. The third kappa shape index (κ3) is 2.60. The molecule has 0 aliphatic carbocycles. The van der Waals surface area contributed by atoms with E-state index >= 15 is 0 Å². The van der Waals surface area contributed by atoms with E-state index in [4.69, 9.17) is 25.8 Å². The molecule has 1 aromatic carbocycles. The number of cyclic esters (lactones) is 1. The molecule has 0 spiro atoms. The van der Waals surface area contributed by atoms with Gasteiger partial charge in [-0.15, -0.1) is 0 Å². The summed E-state index contributed by atoms with van der Waals surface area (Å²) in [6.45, 7) is 0. The molecule has 96 valence electrons. The van der Waals surface area contributed by atoms with Crippen LogP contribution in [0.15, 0.2) is 36.1 Å². The summed E-state index contributed by atoms with van der Waals surface area (Å²) in [6.07, 6.45) is -0.542. The minimum absolute atomic E-state index is 0.0509. The summed E-state index contributed by atoms with van der Waals surface area (Å²) in [7, 11) is 2.93. The van der Waals surface area contributed by atoms with Crippen molar-refractivity contribution in [2.45, 2.75) is 0 Å². The predicted molar refractivity (Wildman–Crippen MR) is 63.5 cm³/mol. The van der Waals surface area contributed by atoms with E-state index in [9.17, 15) is 4.79 Å². The topological polar surface area (TPSA) is 60.0 Å². The van der Waals surface area contributed by atoms with Crippen molar-refractivity contribution in [3.63, 3.8) is 0 Å². The minimum Gasteiger partial charge on any atom is -0.465 e. The molecule has 0 aromatic heterocycles. The zero-order chi connectivity index (χ0) is 13.1. The number of carbonyl (C=O) groups is 1. The third-order valence-electron chi connectivity index (χ3n) is 2.13. The molecule has 0 saturated carbocycles. The van der Waals surface area contributed by atoms with Crippen molar-refractivity contribution < 1.29 is 19.0 Å². The summed E-state index contributed by atoms with van der Waals surface area (Å²) in [6, 6.07) is 6.69. The Morgan fingerprint density at radius 1 is 1.39 bits per heavy atom. The van der Waals surface area contributed by atoms with Crippen molar-refractivity contribution in [3.8, 4) is 5.75 Å². The molecule has 6 nitrogen and oxygen atoms in total. The largest absolute Gasteiger partial charge is 0.465 e. The molecule has 1 saturated heterocycles. The van der Waals surface area contributed by atoms with Crippen molar-refractivity contribution in [2.75, 3.05) is 14.2 Å². The number of hydrogen-bond donors (Lipinski definition) is 1. The van der Waals surface area contributed by atoms with Crippen molar-refractivity contribution in [1.29, 1.82) is 0 Å². The molecule has 0 unspecified atom stereocenters. The maximum absolute atomic E-state index is 11.2. The lowest BCUT2D eigenvalue weighted by atomic mass is 10.3. The van der Waals surface area contributed by atoms with Gasteiger partial charge in [0.1, 0.15) is 5.75 Å². The number of benzene rings is 1. The number of hydrazine groups is 1. The highest BCUT2D eigenvalue weighted by Gasteiger charge is 2.28. The molecular formula is C11H11ClN2O4. The van der Waals surface area contributed by atoms with Gasteiger partial charge in [-0.25, -0.2) is 9.80 Å². The number of ether oxygens (including phenoxy) is 3. The highest BCUT2D eigenvalue weighted by molar-refractivity contribution is 6.30. The number of rotatable bonds is 3. The zero-order valence-corrected chi connectivity index (χ0v) is 10.5. The fraction of sp³-hybridized carbons (Fsp3) is 0.182. The van der Waals surface area contributed by atoms with E-state index in [2.05, 4.69) is 5.43 Å². The number of amides is 1. The smallest absolute Gasteiger partial charge is 0.435 e. The Bertz CT molecular complexity index is 486. The van der Waals surface area contributed by atoms with Crippen LogP contribution < -0.4 is 10.2 Å². The summed E-state index contributed by atoms with van der Waals surface area (Å²) in [5, 5.41) is 1.76. The van der Waals surface area contributed by atoms with Crippen LogP contribution in [0.25, 0.3) is 0 Å². The second-order valence-electron chi connectivity index (χ2n) is 3.42. The number of carbonyl (C=O) groups excluding carboxylic acids is 1. The maximum atomic E-state index is 11.2. The Morgan fingerprint density at radius 2 is 2.06 bits per heavy atom. The standard InChI is InChI=1S/C11H11ClN2O4/c1-14-11(15)18-9(13-14)10(16-2)17-8-5-3-7(12)4-6-8/h3-6,13H,1-2H3/b10-9-. The number of nitrogens with zero attached hydrogens (tertiary/aromatic N) is 1. The van der Waals surface area contributed by atoms with Crippen LogP contribution in [-0.2, 0) is 9.47 Å². The summed E-state index contributed by atoms with van der Waals surface area (Å²) in [5.74, 6) is 0.658. The third-order valence-corrected chi connectivity index (χ3v) is 2.38. The van der Waals surface area contributed by atoms with Gasteiger partial charge < -0.3 is 14.2 Å². The lowest BCUT2D eigenvalue weighted by molar-refractivity contribution is 0.119. The molecule has 1 amide bonds. The Hall–Kier alpha value is -2.08. The van der Waals surface area contributed by atoms with Gasteiger partial charge in [-0.1, -0.05) is 11.6 Å². The van der Waals surface area contributed by atoms with Gasteiger partial charge in [0.2, 0.25) is 0 Å². The summed E-state index contributed by atoms with van der Waals surface area (Å²) >= 11 is 5.76. The fourth-order valence-corrected chi connectivity index (χ4v) is 1.38. The van der Waals surface area contributed by atoms with E-state index in [-0.39, 0.29) is 11.8 Å². The van der Waals surface area contributed by atoms with E-state index in [1.165, 1.54) is 19.2 Å². The molecule has 0 atom stereocenters. The first kappa shape index (κ1) is 12.4.